The molecule has 2 aliphatic rings. The molecule has 0 aliphatic carbocycles. The lowest BCUT2D eigenvalue weighted by atomic mass is 9.96. The van der Waals surface area contributed by atoms with Crippen LogP contribution < -0.4 is 4.90 Å². The van der Waals surface area contributed by atoms with Crippen molar-refractivity contribution < 1.29 is 5.11 Å². The number of aliphatic hydroxyl groups is 1. The van der Waals surface area contributed by atoms with E-state index in [1.54, 1.807) is 0 Å². The molecule has 1 saturated heterocycles. The molecule has 3 nitrogen and oxygen atoms in total. The minimum atomic E-state index is 0.282. The maximum absolute atomic E-state index is 9.13. The van der Waals surface area contributed by atoms with Crippen LogP contribution in [0.3, 0.4) is 0 Å². The lowest BCUT2D eigenvalue weighted by Gasteiger charge is -2.43. The predicted octanol–water partition coefficient (Wildman–Crippen LogP) is 2.84. The molecule has 4 rings (SSSR count). The van der Waals surface area contributed by atoms with Crippen LogP contribution in [0.15, 0.2) is 48.5 Å². The highest BCUT2D eigenvalue weighted by Gasteiger charge is 2.32. The number of benzene rings is 2. The van der Waals surface area contributed by atoms with Gasteiger partial charge in [-0.15, -0.1) is 0 Å². The van der Waals surface area contributed by atoms with E-state index in [9.17, 15) is 0 Å². The topological polar surface area (TPSA) is 26.7 Å². The number of rotatable bonds is 3. The van der Waals surface area contributed by atoms with Crippen molar-refractivity contribution in [2.45, 2.75) is 18.9 Å². The van der Waals surface area contributed by atoms with Crippen molar-refractivity contribution in [3.05, 3.63) is 65.2 Å². The van der Waals surface area contributed by atoms with Gasteiger partial charge < -0.3 is 10.0 Å². The molecule has 0 spiro atoms. The van der Waals surface area contributed by atoms with Gasteiger partial charge in [0.2, 0.25) is 0 Å². The number of hydrogen-bond acceptors (Lipinski definition) is 3. The molecule has 1 unspecified atom stereocenters. The van der Waals surface area contributed by atoms with Gasteiger partial charge in [-0.2, -0.15) is 0 Å². The molecule has 1 N–H and O–H groups in total. The van der Waals surface area contributed by atoms with Crippen LogP contribution in [-0.2, 0) is 6.42 Å². The van der Waals surface area contributed by atoms with E-state index in [0.29, 0.717) is 6.04 Å². The minimum Gasteiger partial charge on any atom is -0.396 e. The molecule has 2 aliphatic heterocycles. The summed E-state index contributed by atoms with van der Waals surface area (Å²) in [7, 11) is 0. The quantitative estimate of drug-likeness (QED) is 0.944. The maximum Gasteiger partial charge on any atom is 0.0672 e. The Balaban J connectivity index is 1.73. The van der Waals surface area contributed by atoms with Crippen molar-refractivity contribution in [3.8, 4) is 0 Å². The van der Waals surface area contributed by atoms with Crippen molar-refractivity contribution in [1.29, 1.82) is 0 Å². The Bertz CT molecular complexity index is 685. The third-order valence-corrected chi connectivity index (χ3v) is 5.19. The van der Waals surface area contributed by atoms with E-state index in [0.717, 1.165) is 39.0 Å². The zero-order valence-corrected chi connectivity index (χ0v) is 13.5. The van der Waals surface area contributed by atoms with E-state index in [1.807, 2.05) is 0 Å². The van der Waals surface area contributed by atoms with Gasteiger partial charge >= 0.3 is 0 Å². The van der Waals surface area contributed by atoms with E-state index in [1.165, 1.54) is 22.4 Å². The molecule has 2 aromatic rings. The van der Waals surface area contributed by atoms with E-state index in [2.05, 4.69) is 58.3 Å². The summed E-state index contributed by atoms with van der Waals surface area (Å²) in [4.78, 5) is 5.10. The van der Waals surface area contributed by atoms with Gasteiger partial charge in [0.15, 0.2) is 0 Å². The highest BCUT2D eigenvalue weighted by Crippen LogP contribution is 2.38. The monoisotopic (exact) mass is 308 g/mol. The summed E-state index contributed by atoms with van der Waals surface area (Å²) in [5, 5.41) is 9.13. The zero-order chi connectivity index (χ0) is 15.6. The molecule has 0 amide bonds. The van der Waals surface area contributed by atoms with Gasteiger partial charge in [-0.1, -0.05) is 42.5 Å². The van der Waals surface area contributed by atoms with Crippen LogP contribution in [0.1, 0.15) is 29.2 Å². The molecular weight excluding hydrogens is 284 g/mol. The fraction of sp³-hybridized carbons (Fsp3) is 0.400. The Morgan fingerprint density at radius 2 is 1.74 bits per heavy atom. The molecule has 0 bridgehead atoms. The molecule has 2 aromatic carbocycles. The number of para-hydroxylation sites is 1. The van der Waals surface area contributed by atoms with Gasteiger partial charge in [0.05, 0.1) is 6.04 Å². The van der Waals surface area contributed by atoms with Crippen molar-refractivity contribution in [2.75, 3.05) is 37.7 Å². The third-order valence-electron chi connectivity index (χ3n) is 5.19. The first kappa shape index (κ1) is 14.7. The maximum atomic E-state index is 9.13. The first-order chi connectivity index (χ1) is 11.4. The highest BCUT2D eigenvalue weighted by molar-refractivity contribution is 5.60. The number of fused-ring (bicyclic) bond motifs is 5. The van der Waals surface area contributed by atoms with Crippen LogP contribution in [0.5, 0.6) is 0 Å². The molecule has 2 heterocycles. The van der Waals surface area contributed by atoms with Crippen molar-refractivity contribution in [1.82, 2.24) is 4.90 Å². The number of nitrogens with zero attached hydrogens (tertiary/aromatic N) is 2. The second-order valence-electron chi connectivity index (χ2n) is 6.59. The third kappa shape index (κ3) is 2.75. The SMILES string of the molecule is OCCCN1CCN2c3ccccc3Cc3ccccc3C2C1. The molecule has 1 fully saturated rings. The number of piperazine rings is 1. The van der Waals surface area contributed by atoms with Crippen molar-refractivity contribution in [2.24, 2.45) is 0 Å². The summed E-state index contributed by atoms with van der Waals surface area (Å²) >= 11 is 0. The first-order valence-corrected chi connectivity index (χ1v) is 8.62. The van der Waals surface area contributed by atoms with Crippen LogP contribution in [0, 0.1) is 0 Å². The normalized spacial score (nSPS) is 20.4. The standard InChI is InChI=1S/C20H24N2O/c23-13-5-10-21-11-12-22-19-9-4-2-7-17(19)14-16-6-1-3-8-18(16)20(22)15-21/h1-4,6-9,20,23H,5,10-15H2. The molecule has 0 saturated carbocycles. The first-order valence-electron chi connectivity index (χ1n) is 8.62. The molecule has 0 aromatic heterocycles. The number of hydrogen-bond donors (Lipinski definition) is 1. The van der Waals surface area contributed by atoms with E-state index in [4.69, 9.17) is 5.11 Å². The minimum absolute atomic E-state index is 0.282. The fourth-order valence-electron chi connectivity index (χ4n) is 4.06. The number of aliphatic hydroxyl groups excluding tert-OH is 1. The molecule has 3 heteroatoms. The van der Waals surface area contributed by atoms with E-state index >= 15 is 0 Å². The van der Waals surface area contributed by atoms with Gasteiger partial charge in [-0.3, -0.25) is 4.90 Å². The van der Waals surface area contributed by atoms with Crippen molar-refractivity contribution in [3.63, 3.8) is 0 Å². The molecular formula is C20H24N2O. The Morgan fingerprint density at radius 3 is 2.61 bits per heavy atom. The predicted molar refractivity (Wildman–Crippen MR) is 93.9 cm³/mol. The van der Waals surface area contributed by atoms with Crippen LogP contribution >= 0.6 is 0 Å². The number of anilines is 1. The zero-order valence-electron chi connectivity index (χ0n) is 13.5. The largest absolute Gasteiger partial charge is 0.396 e. The average Bonchev–Trinajstić information content (AvgIpc) is 2.74. The smallest absolute Gasteiger partial charge is 0.0672 e. The lowest BCUT2D eigenvalue weighted by Crippen LogP contribution is -2.48. The van der Waals surface area contributed by atoms with E-state index in [-0.39, 0.29) is 6.61 Å². The summed E-state index contributed by atoms with van der Waals surface area (Å²) in [5.41, 5.74) is 5.76. The second-order valence-corrected chi connectivity index (χ2v) is 6.59. The highest BCUT2D eigenvalue weighted by atomic mass is 16.3. The summed E-state index contributed by atoms with van der Waals surface area (Å²) in [5.74, 6) is 0. The fourth-order valence-corrected chi connectivity index (χ4v) is 4.06. The average molecular weight is 308 g/mol. The van der Waals surface area contributed by atoms with Gasteiger partial charge in [0.25, 0.3) is 0 Å². The summed E-state index contributed by atoms with van der Waals surface area (Å²) < 4.78 is 0. The van der Waals surface area contributed by atoms with Gasteiger partial charge in [0.1, 0.15) is 0 Å². The van der Waals surface area contributed by atoms with Gasteiger partial charge in [-0.25, -0.2) is 0 Å². The van der Waals surface area contributed by atoms with E-state index < -0.39 is 0 Å². The van der Waals surface area contributed by atoms with Crippen LogP contribution in [0.4, 0.5) is 5.69 Å². The molecule has 23 heavy (non-hydrogen) atoms. The van der Waals surface area contributed by atoms with Gasteiger partial charge in [0, 0.05) is 38.5 Å². The van der Waals surface area contributed by atoms with Crippen LogP contribution in [0.2, 0.25) is 0 Å². The summed E-state index contributed by atoms with van der Waals surface area (Å²) in [6, 6.07) is 18.2. The Labute approximate surface area is 138 Å². The Kier molecular flexibility index (Phi) is 4.06. The second kappa shape index (κ2) is 6.34. The Morgan fingerprint density at radius 1 is 0.957 bits per heavy atom. The molecule has 0 radical (unpaired) electrons. The lowest BCUT2D eigenvalue weighted by molar-refractivity contribution is 0.195. The molecule has 1 atom stereocenters. The van der Waals surface area contributed by atoms with Gasteiger partial charge in [-0.05, 0) is 35.6 Å². The summed E-state index contributed by atoms with van der Waals surface area (Å²) in [6.45, 7) is 4.45. The molecule has 120 valence electrons. The van der Waals surface area contributed by atoms with Crippen LogP contribution in [0.25, 0.3) is 0 Å². The van der Waals surface area contributed by atoms with Crippen LogP contribution in [-0.4, -0.2) is 42.8 Å². The summed E-state index contributed by atoms with van der Waals surface area (Å²) in [6.07, 6.45) is 1.89. The van der Waals surface area contributed by atoms with Crippen molar-refractivity contribution >= 4 is 5.69 Å². The Hall–Kier alpha value is -1.84.